The van der Waals surface area contributed by atoms with Crippen LogP contribution in [-0.2, 0) is 0 Å². The third-order valence-corrected chi connectivity index (χ3v) is 15.9. The van der Waals surface area contributed by atoms with E-state index < -0.39 is 0 Å². The normalized spacial score (nSPS) is 18.4. The van der Waals surface area contributed by atoms with Gasteiger partial charge in [0.15, 0.2) is 0 Å². The molecule has 10 aromatic carbocycles. The molecule has 18 rings (SSSR count). The summed E-state index contributed by atoms with van der Waals surface area (Å²) >= 11 is 0. The van der Waals surface area contributed by atoms with Crippen molar-refractivity contribution in [3.63, 3.8) is 0 Å². The first-order chi connectivity index (χ1) is 31.2. The third-order valence-electron chi connectivity index (χ3n) is 15.9. The SMILES string of the molecule is N#Cc1cc2c(c3c1C1c4ccccc4C3c3ccccc31)c1cc3c4ccc5ccccc5c4ccc3c3c4c5c(c(C#N)cc4n2c13)C1c2ccccc2C5c2ccccc21. The Morgan fingerprint density at radius 1 is 0.333 bits per heavy atom. The van der Waals surface area contributed by atoms with Crippen LogP contribution in [0, 0.1) is 22.7 Å². The van der Waals surface area contributed by atoms with Crippen molar-refractivity contribution in [1.29, 1.82) is 10.5 Å². The zero-order valence-electron chi connectivity index (χ0n) is 33.7. The van der Waals surface area contributed by atoms with Crippen molar-refractivity contribution in [2.45, 2.75) is 23.7 Å². The maximum absolute atomic E-state index is 11.3. The fourth-order valence-electron chi connectivity index (χ4n) is 13.8. The Hall–Kier alpha value is -8.24. The molecule has 2 aromatic heterocycles. The number of nitriles is 2. The quantitative estimate of drug-likeness (QED) is 0.144. The standard InChI is InChI=1S/C60H31N3/c61-28-31-25-47-55(58-49(31)51-36-13-3-7-17-40(36)53(58)41-18-8-4-14-37(41)51)46-27-45-35-22-21-30-11-1-2-12-33(30)34(35)23-24-44(45)56-57-48(63(47)60(46)56)26-32(29-62)50-52-38-15-5-9-19-42(38)54(59(50)57)43-20-10-6-16-39(43)52/h1-27,51-54H. The Bertz CT molecular complexity index is 4170. The molecule has 3 nitrogen and oxygen atoms in total. The molecule has 4 bridgehead atoms. The minimum Gasteiger partial charge on any atom is -0.308 e. The molecule has 0 radical (unpaired) electrons. The van der Waals surface area contributed by atoms with Crippen molar-refractivity contribution in [2.24, 2.45) is 0 Å². The van der Waals surface area contributed by atoms with E-state index in [-0.39, 0.29) is 23.7 Å². The lowest BCUT2D eigenvalue weighted by molar-refractivity contribution is 0.758. The number of hydrogen-bond acceptors (Lipinski definition) is 2. The monoisotopic (exact) mass is 793 g/mol. The molecule has 286 valence electrons. The van der Waals surface area contributed by atoms with Crippen LogP contribution in [0.5, 0.6) is 0 Å². The molecule has 6 aliphatic rings. The van der Waals surface area contributed by atoms with E-state index in [1.807, 2.05) is 0 Å². The zero-order valence-corrected chi connectivity index (χ0v) is 33.7. The van der Waals surface area contributed by atoms with Gasteiger partial charge in [0.2, 0.25) is 0 Å². The summed E-state index contributed by atoms with van der Waals surface area (Å²) < 4.78 is 2.46. The average molecular weight is 794 g/mol. The van der Waals surface area contributed by atoms with Crippen LogP contribution in [-0.4, -0.2) is 4.40 Å². The molecule has 2 heterocycles. The lowest BCUT2D eigenvalue weighted by Gasteiger charge is -2.43. The highest BCUT2D eigenvalue weighted by atomic mass is 14.9. The van der Waals surface area contributed by atoms with E-state index >= 15 is 0 Å². The summed E-state index contributed by atoms with van der Waals surface area (Å²) in [7, 11) is 0. The molecular weight excluding hydrogens is 763 g/mol. The Kier molecular flexibility index (Phi) is 5.67. The van der Waals surface area contributed by atoms with Crippen LogP contribution in [0.2, 0.25) is 0 Å². The fraction of sp³-hybridized carbons (Fsp3) is 0.0667. The molecule has 0 fully saturated rings. The second-order valence-electron chi connectivity index (χ2n) is 18.3. The molecular formula is C60H31N3. The van der Waals surface area contributed by atoms with E-state index in [0.717, 1.165) is 33.3 Å². The van der Waals surface area contributed by atoms with E-state index in [1.165, 1.54) is 115 Å². The van der Waals surface area contributed by atoms with Crippen molar-refractivity contribution >= 4 is 70.4 Å². The first kappa shape index (κ1) is 32.5. The van der Waals surface area contributed by atoms with Crippen LogP contribution in [0.4, 0.5) is 0 Å². The molecule has 0 atom stereocenters. The van der Waals surface area contributed by atoms with Gasteiger partial charge >= 0.3 is 0 Å². The van der Waals surface area contributed by atoms with E-state index in [4.69, 9.17) is 0 Å². The summed E-state index contributed by atoms with van der Waals surface area (Å²) in [6, 6.07) is 66.1. The predicted molar refractivity (Wildman–Crippen MR) is 253 cm³/mol. The predicted octanol–water partition coefficient (Wildman–Crippen LogP) is 14.0. The van der Waals surface area contributed by atoms with Crippen LogP contribution in [0.15, 0.2) is 164 Å². The van der Waals surface area contributed by atoms with Gasteiger partial charge in [-0.3, -0.25) is 0 Å². The highest BCUT2D eigenvalue weighted by Crippen LogP contribution is 2.63. The minimum atomic E-state index is -0.0420. The van der Waals surface area contributed by atoms with Gasteiger partial charge in [-0.05, 0) is 117 Å². The Labute approximate surface area is 361 Å². The first-order valence-electron chi connectivity index (χ1n) is 22.0. The minimum absolute atomic E-state index is 0.0244. The molecule has 0 unspecified atom stereocenters. The fourth-order valence-corrected chi connectivity index (χ4v) is 13.8. The molecule has 12 aromatic rings. The van der Waals surface area contributed by atoms with Gasteiger partial charge in [-0.15, -0.1) is 0 Å². The van der Waals surface area contributed by atoms with Gasteiger partial charge in [0.25, 0.3) is 0 Å². The maximum Gasteiger partial charge on any atom is 0.0995 e. The zero-order chi connectivity index (χ0) is 41.0. The summed E-state index contributed by atoms with van der Waals surface area (Å²) in [5.74, 6) is -0.135. The summed E-state index contributed by atoms with van der Waals surface area (Å²) in [5.41, 5.74) is 20.0. The summed E-state index contributed by atoms with van der Waals surface area (Å²) in [6.07, 6.45) is 0. The third kappa shape index (κ3) is 3.57. The first-order valence-corrected chi connectivity index (χ1v) is 22.0. The lowest BCUT2D eigenvalue weighted by atomic mass is 9.59. The van der Waals surface area contributed by atoms with Gasteiger partial charge in [0, 0.05) is 45.2 Å². The average Bonchev–Trinajstić information content (AvgIpc) is 3.87. The van der Waals surface area contributed by atoms with Gasteiger partial charge < -0.3 is 4.40 Å². The van der Waals surface area contributed by atoms with Gasteiger partial charge in [0.1, 0.15) is 0 Å². The van der Waals surface area contributed by atoms with Gasteiger partial charge in [-0.1, -0.05) is 146 Å². The van der Waals surface area contributed by atoms with Crippen LogP contribution in [0.3, 0.4) is 0 Å². The van der Waals surface area contributed by atoms with E-state index in [2.05, 4.69) is 180 Å². The maximum atomic E-state index is 11.3. The van der Waals surface area contributed by atoms with Crippen LogP contribution >= 0.6 is 0 Å². The van der Waals surface area contributed by atoms with E-state index in [1.54, 1.807) is 0 Å². The van der Waals surface area contributed by atoms with Crippen molar-refractivity contribution in [3.05, 3.63) is 242 Å². The Balaban J connectivity index is 1.17. The van der Waals surface area contributed by atoms with Gasteiger partial charge in [0.05, 0.1) is 39.8 Å². The highest BCUT2D eigenvalue weighted by molar-refractivity contribution is 6.36. The summed E-state index contributed by atoms with van der Waals surface area (Å²) in [4.78, 5) is 0. The van der Waals surface area contributed by atoms with Crippen molar-refractivity contribution in [1.82, 2.24) is 4.40 Å². The van der Waals surface area contributed by atoms with E-state index in [0.29, 0.717) is 0 Å². The highest BCUT2D eigenvalue weighted by Gasteiger charge is 2.47. The van der Waals surface area contributed by atoms with Gasteiger partial charge in [-0.25, -0.2) is 0 Å². The van der Waals surface area contributed by atoms with Crippen molar-refractivity contribution in [3.8, 4) is 12.1 Å². The van der Waals surface area contributed by atoms with E-state index in [9.17, 15) is 10.5 Å². The molecule has 6 aliphatic carbocycles. The van der Waals surface area contributed by atoms with Gasteiger partial charge in [-0.2, -0.15) is 10.5 Å². The molecule has 0 amide bonds. The second-order valence-corrected chi connectivity index (χ2v) is 18.3. The molecule has 63 heavy (non-hydrogen) atoms. The molecule has 3 heteroatoms. The van der Waals surface area contributed by atoms with Crippen molar-refractivity contribution < 1.29 is 0 Å². The number of benzene rings is 10. The number of aromatic nitrogens is 1. The molecule has 0 saturated heterocycles. The topological polar surface area (TPSA) is 52.0 Å². The second kappa shape index (κ2) is 11.0. The molecule has 0 spiro atoms. The number of nitrogens with zero attached hydrogens (tertiary/aromatic N) is 3. The van der Waals surface area contributed by atoms with Crippen LogP contribution in [0.1, 0.15) is 102 Å². The summed E-state index contributed by atoms with van der Waals surface area (Å²) in [6.45, 7) is 0. The smallest absolute Gasteiger partial charge is 0.0995 e. The molecule has 0 saturated carbocycles. The van der Waals surface area contributed by atoms with Crippen LogP contribution in [0.25, 0.3) is 70.4 Å². The van der Waals surface area contributed by atoms with Crippen molar-refractivity contribution in [2.75, 3.05) is 0 Å². The number of fused-ring (bicyclic) bond motifs is 12. The largest absolute Gasteiger partial charge is 0.308 e. The van der Waals surface area contributed by atoms with Crippen LogP contribution < -0.4 is 0 Å². The molecule has 0 aliphatic heterocycles. The number of rotatable bonds is 0. The Morgan fingerprint density at radius 3 is 1.27 bits per heavy atom. The summed E-state index contributed by atoms with van der Waals surface area (Å²) in [5, 5.41) is 34.9. The molecule has 0 N–H and O–H groups in total. The lowest BCUT2D eigenvalue weighted by Crippen LogP contribution is -2.28. The number of hydrogen-bond donors (Lipinski definition) is 0. The Morgan fingerprint density at radius 2 is 0.746 bits per heavy atom.